The van der Waals surface area contributed by atoms with Gasteiger partial charge in [-0.25, -0.2) is 5.43 Å². The molecule has 0 heterocycles. The number of nitro benzene ring substituents is 1. The molecule has 2 rings (SSSR count). The maximum absolute atomic E-state index is 11.7. The van der Waals surface area contributed by atoms with Crippen molar-refractivity contribution in [2.45, 2.75) is 5.75 Å². The number of hydrogen-bond donors (Lipinski definition) is 1. The van der Waals surface area contributed by atoms with Crippen molar-refractivity contribution in [3.8, 4) is 0 Å². The average molecular weight is 408 g/mol. The van der Waals surface area contributed by atoms with Crippen LogP contribution >= 0.6 is 27.7 Å². The molecule has 8 heteroatoms. The average Bonchev–Trinajstić information content (AvgIpc) is 2.57. The third-order valence-corrected chi connectivity index (χ3v) is 4.69. The van der Waals surface area contributed by atoms with Gasteiger partial charge in [0, 0.05) is 27.9 Å². The van der Waals surface area contributed by atoms with Crippen LogP contribution in [-0.2, 0) is 10.5 Å². The maximum atomic E-state index is 11.7. The maximum Gasteiger partial charge on any atom is 0.270 e. The Hall–Kier alpha value is -2.19. The highest BCUT2D eigenvalue weighted by Gasteiger charge is 2.05. The Labute approximate surface area is 151 Å². The van der Waals surface area contributed by atoms with E-state index in [2.05, 4.69) is 26.5 Å². The number of nitrogens with zero attached hydrogens (tertiary/aromatic N) is 2. The molecule has 6 nitrogen and oxygen atoms in total. The van der Waals surface area contributed by atoms with E-state index in [1.807, 2.05) is 24.3 Å². The van der Waals surface area contributed by atoms with Gasteiger partial charge in [0.15, 0.2) is 0 Å². The lowest BCUT2D eigenvalue weighted by atomic mass is 10.2. The van der Waals surface area contributed by atoms with Gasteiger partial charge in [-0.15, -0.1) is 11.8 Å². The van der Waals surface area contributed by atoms with Gasteiger partial charge in [-0.1, -0.05) is 46.3 Å². The summed E-state index contributed by atoms with van der Waals surface area (Å²) in [5.41, 5.74) is 4.06. The molecule has 0 bridgehead atoms. The summed E-state index contributed by atoms with van der Waals surface area (Å²) >= 11 is 4.94. The number of non-ortho nitro benzene ring substituents is 1. The fraction of sp³-hybridized carbons (Fsp3) is 0.125. The molecule has 0 aromatic heterocycles. The zero-order valence-electron chi connectivity index (χ0n) is 12.5. The van der Waals surface area contributed by atoms with Gasteiger partial charge >= 0.3 is 0 Å². The number of nitrogens with one attached hydrogen (secondary N) is 1. The van der Waals surface area contributed by atoms with Crippen molar-refractivity contribution in [2.24, 2.45) is 5.10 Å². The first kappa shape index (κ1) is 18.2. The molecule has 0 spiro atoms. The second-order valence-corrected chi connectivity index (χ2v) is 6.57. The molecule has 0 aliphatic carbocycles. The third kappa shape index (κ3) is 5.78. The number of thioether (sulfide) groups is 1. The molecule has 0 radical (unpaired) electrons. The van der Waals surface area contributed by atoms with Crippen molar-refractivity contribution >= 4 is 45.5 Å². The molecule has 0 atom stereocenters. The van der Waals surface area contributed by atoms with E-state index in [1.165, 1.54) is 30.1 Å². The lowest BCUT2D eigenvalue weighted by Crippen LogP contribution is -2.19. The number of hydrazone groups is 1. The van der Waals surface area contributed by atoms with Gasteiger partial charge < -0.3 is 0 Å². The van der Waals surface area contributed by atoms with Gasteiger partial charge in [-0.2, -0.15) is 5.10 Å². The van der Waals surface area contributed by atoms with E-state index >= 15 is 0 Å². The third-order valence-electron chi connectivity index (χ3n) is 2.93. The second-order valence-electron chi connectivity index (χ2n) is 4.73. The molecule has 124 valence electrons. The van der Waals surface area contributed by atoms with Crippen LogP contribution in [0.1, 0.15) is 11.1 Å². The number of carbonyl (C=O) groups excluding carboxylic acids is 1. The van der Waals surface area contributed by atoms with Gasteiger partial charge in [-0.05, 0) is 11.6 Å². The first-order valence-corrected chi connectivity index (χ1v) is 8.88. The Bertz CT molecular complexity index is 768. The smallest absolute Gasteiger partial charge is 0.270 e. The van der Waals surface area contributed by atoms with E-state index in [4.69, 9.17) is 0 Å². The van der Waals surface area contributed by atoms with Gasteiger partial charge in [0.25, 0.3) is 5.69 Å². The van der Waals surface area contributed by atoms with Crippen LogP contribution in [0.2, 0.25) is 0 Å². The SMILES string of the molecule is O=C(CSCc1ccccc1Br)N/N=C/c1cccc([N+](=O)[O-])c1. The summed E-state index contributed by atoms with van der Waals surface area (Å²) in [5.74, 6) is 0.755. The number of halogens is 1. The van der Waals surface area contributed by atoms with Crippen molar-refractivity contribution in [3.63, 3.8) is 0 Å². The van der Waals surface area contributed by atoms with Crippen molar-refractivity contribution in [1.82, 2.24) is 5.43 Å². The standard InChI is InChI=1S/C16H14BrN3O3S/c17-15-7-2-1-5-13(15)10-24-11-16(21)19-18-9-12-4-3-6-14(8-12)20(22)23/h1-9H,10-11H2,(H,19,21)/b18-9+. The number of rotatable bonds is 7. The quantitative estimate of drug-likeness (QED) is 0.430. The van der Waals surface area contributed by atoms with Crippen molar-refractivity contribution < 1.29 is 9.72 Å². The van der Waals surface area contributed by atoms with Crippen molar-refractivity contribution in [1.29, 1.82) is 0 Å². The highest BCUT2D eigenvalue weighted by Crippen LogP contribution is 2.21. The molecule has 2 aromatic rings. The topological polar surface area (TPSA) is 84.6 Å². The van der Waals surface area contributed by atoms with Crippen LogP contribution in [-0.4, -0.2) is 22.8 Å². The summed E-state index contributed by atoms with van der Waals surface area (Å²) in [4.78, 5) is 21.9. The Balaban J connectivity index is 1.78. The van der Waals surface area contributed by atoms with Crippen LogP contribution in [0.25, 0.3) is 0 Å². The van der Waals surface area contributed by atoms with E-state index in [0.29, 0.717) is 11.3 Å². The van der Waals surface area contributed by atoms with Crippen LogP contribution in [0.5, 0.6) is 0 Å². The lowest BCUT2D eigenvalue weighted by molar-refractivity contribution is -0.384. The number of hydrogen-bond acceptors (Lipinski definition) is 5. The molecule has 1 N–H and O–H groups in total. The highest BCUT2D eigenvalue weighted by molar-refractivity contribution is 9.10. The van der Waals surface area contributed by atoms with Gasteiger partial charge in [0.2, 0.25) is 5.91 Å². The van der Waals surface area contributed by atoms with E-state index in [-0.39, 0.29) is 17.3 Å². The monoisotopic (exact) mass is 407 g/mol. The number of amides is 1. The number of nitro groups is 1. The van der Waals surface area contributed by atoms with Gasteiger partial charge in [0.1, 0.15) is 0 Å². The molecule has 0 unspecified atom stereocenters. The van der Waals surface area contributed by atoms with Crippen LogP contribution in [0, 0.1) is 10.1 Å². The van der Waals surface area contributed by atoms with Crippen LogP contribution in [0.3, 0.4) is 0 Å². The molecule has 0 aliphatic rings. The first-order chi connectivity index (χ1) is 11.6. The van der Waals surface area contributed by atoms with E-state index < -0.39 is 4.92 Å². The molecule has 0 aliphatic heterocycles. The minimum Gasteiger partial charge on any atom is -0.272 e. The zero-order chi connectivity index (χ0) is 17.4. The Kier molecular flexibility index (Phi) is 6.95. The predicted molar refractivity (Wildman–Crippen MR) is 99.1 cm³/mol. The minimum absolute atomic E-state index is 0.0192. The molecule has 1 amide bonds. The molecule has 0 saturated heterocycles. The lowest BCUT2D eigenvalue weighted by Gasteiger charge is -2.03. The van der Waals surface area contributed by atoms with Crippen molar-refractivity contribution in [2.75, 3.05) is 5.75 Å². The number of carbonyl (C=O) groups is 1. The summed E-state index contributed by atoms with van der Waals surface area (Å²) in [6.45, 7) is 0. The van der Waals surface area contributed by atoms with Crippen LogP contribution in [0.4, 0.5) is 5.69 Å². The zero-order valence-corrected chi connectivity index (χ0v) is 14.9. The fourth-order valence-corrected chi connectivity index (χ4v) is 3.23. The summed E-state index contributed by atoms with van der Waals surface area (Å²) < 4.78 is 1.02. The normalized spacial score (nSPS) is 10.7. The summed E-state index contributed by atoms with van der Waals surface area (Å²) in [7, 11) is 0. The highest BCUT2D eigenvalue weighted by atomic mass is 79.9. The molecular formula is C16H14BrN3O3S. The molecule has 0 fully saturated rings. The van der Waals surface area contributed by atoms with Crippen LogP contribution < -0.4 is 5.43 Å². The Morgan fingerprint density at radius 3 is 2.83 bits per heavy atom. The predicted octanol–water partition coefficient (Wildman–Crippen LogP) is 3.74. The Morgan fingerprint density at radius 1 is 1.29 bits per heavy atom. The summed E-state index contributed by atoms with van der Waals surface area (Å²) in [6, 6.07) is 13.9. The molecule has 24 heavy (non-hydrogen) atoms. The first-order valence-electron chi connectivity index (χ1n) is 6.94. The Morgan fingerprint density at radius 2 is 2.08 bits per heavy atom. The fourth-order valence-electron chi connectivity index (χ4n) is 1.80. The van der Waals surface area contributed by atoms with Crippen LogP contribution in [0.15, 0.2) is 58.1 Å². The second kappa shape index (κ2) is 9.19. The summed E-state index contributed by atoms with van der Waals surface area (Å²) in [5, 5.41) is 14.5. The largest absolute Gasteiger partial charge is 0.272 e. The van der Waals surface area contributed by atoms with Crippen molar-refractivity contribution in [3.05, 3.63) is 74.2 Å². The molecule has 0 saturated carbocycles. The molecular weight excluding hydrogens is 394 g/mol. The van der Waals surface area contributed by atoms with Gasteiger partial charge in [-0.3, -0.25) is 14.9 Å². The minimum atomic E-state index is -0.478. The number of benzene rings is 2. The van der Waals surface area contributed by atoms with E-state index in [1.54, 1.807) is 12.1 Å². The summed E-state index contributed by atoms with van der Waals surface area (Å²) in [6.07, 6.45) is 1.38. The van der Waals surface area contributed by atoms with E-state index in [9.17, 15) is 14.9 Å². The van der Waals surface area contributed by atoms with E-state index in [0.717, 1.165) is 10.0 Å². The van der Waals surface area contributed by atoms with Gasteiger partial charge in [0.05, 0.1) is 16.9 Å². The molecule has 2 aromatic carbocycles.